The van der Waals surface area contributed by atoms with E-state index in [2.05, 4.69) is 0 Å². The summed E-state index contributed by atoms with van der Waals surface area (Å²) < 4.78 is 10.7. The van der Waals surface area contributed by atoms with E-state index in [4.69, 9.17) is 9.47 Å². The van der Waals surface area contributed by atoms with Gasteiger partial charge in [-0.15, -0.1) is 0 Å². The zero-order chi connectivity index (χ0) is 18.8. The fourth-order valence-electron chi connectivity index (χ4n) is 2.27. The van der Waals surface area contributed by atoms with Crippen LogP contribution in [0.15, 0.2) is 48.2 Å². The molecule has 8 nitrogen and oxygen atoms in total. The molecule has 1 aliphatic heterocycles. The Bertz CT molecular complexity index is 931. The number of hydrogen-bond acceptors (Lipinski definition) is 6. The Balaban J connectivity index is 1.82. The number of amides is 1. The maximum absolute atomic E-state index is 12.4. The van der Waals surface area contributed by atoms with Gasteiger partial charge in [0.05, 0.1) is 10.5 Å². The highest BCUT2D eigenvalue weighted by atomic mass is 16.6. The molecule has 0 unspecified atom stereocenters. The van der Waals surface area contributed by atoms with Crippen LogP contribution in [0.25, 0.3) is 6.08 Å². The van der Waals surface area contributed by atoms with E-state index in [9.17, 15) is 19.7 Å². The number of rotatable bonds is 3. The predicted octanol–water partition coefficient (Wildman–Crippen LogP) is 3.27. The van der Waals surface area contributed by atoms with E-state index in [1.807, 2.05) is 0 Å². The second kappa shape index (κ2) is 6.67. The lowest BCUT2D eigenvalue weighted by atomic mass is 10.1. The Morgan fingerprint density at radius 2 is 1.88 bits per heavy atom. The topological polar surface area (TPSA) is 99.0 Å². The molecule has 2 aromatic carbocycles. The number of ketones is 1. The maximum Gasteiger partial charge on any atom is 0.414 e. The van der Waals surface area contributed by atoms with Crippen LogP contribution in [0.3, 0.4) is 0 Å². The molecule has 0 spiro atoms. The standard InChI is InChI=1S/C18H14N2O6/c1-19(2)18(22)25-13-7-8-14-15(10-13)26-16(17(14)21)9-11-3-5-12(6-4-11)20(23)24/h3-10H,1-2H3/b16-9+. The molecule has 1 aliphatic rings. The smallest absolute Gasteiger partial charge is 0.414 e. The van der Waals surface area contributed by atoms with Gasteiger partial charge in [0, 0.05) is 32.3 Å². The van der Waals surface area contributed by atoms with Crippen molar-refractivity contribution in [1.29, 1.82) is 0 Å². The normalized spacial score (nSPS) is 13.9. The Labute approximate surface area is 148 Å². The highest BCUT2D eigenvalue weighted by Crippen LogP contribution is 2.35. The number of carbonyl (C=O) groups excluding carboxylic acids is 2. The van der Waals surface area contributed by atoms with Gasteiger partial charge >= 0.3 is 6.09 Å². The van der Waals surface area contributed by atoms with Gasteiger partial charge in [0.2, 0.25) is 5.78 Å². The van der Waals surface area contributed by atoms with Gasteiger partial charge in [-0.25, -0.2) is 4.79 Å². The second-order valence-corrected chi connectivity index (χ2v) is 5.71. The molecule has 26 heavy (non-hydrogen) atoms. The summed E-state index contributed by atoms with van der Waals surface area (Å²) in [5.41, 5.74) is 0.898. The fourth-order valence-corrected chi connectivity index (χ4v) is 2.27. The van der Waals surface area contributed by atoms with Gasteiger partial charge in [-0.05, 0) is 35.9 Å². The highest BCUT2D eigenvalue weighted by molar-refractivity contribution is 6.14. The van der Waals surface area contributed by atoms with E-state index < -0.39 is 11.0 Å². The molecule has 2 aromatic rings. The first-order chi connectivity index (χ1) is 12.3. The van der Waals surface area contributed by atoms with E-state index >= 15 is 0 Å². The lowest BCUT2D eigenvalue weighted by Gasteiger charge is -2.10. The van der Waals surface area contributed by atoms with Crippen molar-refractivity contribution in [3.05, 3.63) is 69.5 Å². The number of nitrogens with zero attached hydrogens (tertiary/aromatic N) is 2. The first-order valence-corrected chi connectivity index (χ1v) is 7.57. The van der Waals surface area contributed by atoms with Crippen LogP contribution in [0.2, 0.25) is 0 Å². The van der Waals surface area contributed by atoms with Crippen LogP contribution >= 0.6 is 0 Å². The summed E-state index contributed by atoms with van der Waals surface area (Å²) in [6, 6.07) is 10.2. The van der Waals surface area contributed by atoms with Crippen LogP contribution in [-0.4, -0.2) is 35.8 Å². The number of allylic oxidation sites excluding steroid dienone is 1. The number of non-ortho nitro benzene ring substituents is 1. The molecule has 0 fully saturated rings. The van der Waals surface area contributed by atoms with E-state index in [0.29, 0.717) is 11.1 Å². The van der Waals surface area contributed by atoms with Gasteiger partial charge in [-0.2, -0.15) is 0 Å². The zero-order valence-corrected chi connectivity index (χ0v) is 14.0. The van der Waals surface area contributed by atoms with E-state index in [1.165, 1.54) is 53.4 Å². The fraction of sp³-hybridized carbons (Fsp3) is 0.111. The summed E-state index contributed by atoms with van der Waals surface area (Å²) in [5.74, 6) is 0.313. The number of nitro groups is 1. The van der Waals surface area contributed by atoms with Crippen molar-refractivity contribution < 1.29 is 24.0 Å². The quantitative estimate of drug-likeness (QED) is 0.476. The van der Waals surface area contributed by atoms with Crippen LogP contribution in [-0.2, 0) is 0 Å². The third kappa shape index (κ3) is 3.39. The molecule has 1 heterocycles. The number of hydrogen-bond donors (Lipinski definition) is 0. The number of carbonyl (C=O) groups is 2. The Morgan fingerprint density at radius 1 is 1.19 bits per heavy atom. The largest absolute Gasteiger partial charge is 0.452 e. The number of benzene rings is 2. The van der Waals surface area contributed by atoms with Gasteiger partial charge in [0.1, 0.15) is 11.5 Å². The van der Waals surface area contributed by atoms with Crippen molar-refractivity contribution in [2.45, 2.75) is 0 Å². The summed E-state index contributed by atoms with van der Waals surface area (Å²) in [6.07, 6.45) is 0.952. The minimum absolute atomic E-state index is 0.0403. The highest BCUT2D eigenvalue weighted by Gasteiger charge is 2.28. The molecular formula is C18H14N2O6. The first-order valence-electron chi connectivity index (χ1n) is 7.57. The number of fused-ring (bicyclic) bond motifs is 1. The molecule has 0 saturated heterocycles. The average Bonchev–Trinajstić information content (AvgIpc) is 2.90. The molecule has 1 amide bonds. The van der Waals surface area contributed by atoms with Crippen molar-refractivity contribution in [1.82, 2.24) is 4.90 Å². The summed E-state index contributed by atoms with van der Waals surface area (Å²) in [6.45, 7) is 0. The van der Waals surface area contributed by atoms with Crippen molar-refractivity contribution in [2.75, 3.05) is 14.1 Å². The van der Waals surface area contributed by atoms with Gasteiger partial charge in [-0.3, -0.25) is 14.9 Å². The van der Waals surface area contributed by atoms with Crippen LogP contribution in [0.1, 0.15) is 15.9 Å². The van der Waals surface area contributed by atoms with Gasteiger partial charge in [0.25, 0.3) is 5.69 Å². The van der Waals surface area contributed by atoms with E-state index in [-0.39, 0.29) is 28.7 Å². The first kappa shape index (κ1) is 17.2. The zero-order valence-electron chi connectivity index (χ0n) is 14.0. The number of nitro benzene ring substituents is 1. The number of ether oxygens (including phenoxy) is 2. The van der Waals surface area contributed by atoms with E-state index in [0.717, 1.165) is 0 Å². The number of Topliss-reactive ketones (excluding diaryl/α,β-unsaturated/α-hetero) is 1. The second-order valence-electron chi connectivity index (χ2n) is 5.71. The van der Waals surface area contributed by atoms with Crippen LogP contribution in [0.5, 0.6) is 11.5 Å². The van der Waals surface area contributed by atoms with Crippen molar-refractivity contribution >= 4 is 23.6 Å². The molecule has 0 radical (unpaired) electrons. The lowest BCUT2D eigenvalue weighted by molar-refractivity contribution is -0.384. The predicted molar refractivity (Wildman–Crippen MR) is 92.2 cm³/mol. The minimum atomic E-state index is -0.545. The van der Waals surface area contributed by atoms with Crippen molar-refractivity contribution in [3.8, 4) is 11.5 Å². The van der Waals surface area contributed by atoms with Crippen molar-refractivity contribution in [2.24, 2.45) is 0 Å². The molecule has 3 rings (SSSR count). The molecular weight excluding hydrogens is 340 g/mol. The van der Waals surface area contributed by atoms with Gasteiger partial charge in [0.15, 0.2) is 5.76 Å². The molecule has 8 heteroatoms. The van der Waals surface area contributed by atoms with Crippen LogP contribution in [0, 0.1) is 10.1 Å². The third-order valence-corrected chi connectivity index (χ3v) is 3.61. The molecule has 132 valence electrons. The monoisotopic (exact) mass is 354 g/mol. The molecule has 0 saturated carbocycles. The molecule has 0 bridgehead atoms. The molecule has 0 N–H and O–H groups in total. The summed E-state index contributed by atoms with van der Waals surface area (Å²) in [7, 11) is 3.11. The minimum Gasteiger partial charge on any atom is -0.452 e. The van der Waals surface area contributed by atoms with Gasteiger partial charge < -0.3 is 14.4 Å². The summed E-state index contributed by atoms with van der Waals surface area (Å²) >= 11 is 0. The summed E-state index contributed by atoms with van der Waals surface area (Å²) in [4.78, 5) is 35.5. The average molecular weight is 354 g/mol. The molecule has 0 aromatic heterocycles. The van der Waals surface area contributed by atoms with E-state index in [1.54, 1.807) is 14.1 Å². The molecule has 0 aliphatic carbocycles. The Hall–Kier alpha value is -3.68. The van der Waals surface area contributed by atoms with Gasteiger partial charge in [-0.1, -0.05) is 0 Å². The third-order valence-electron chi connectivity index (χ3n) is 3.61. The summed E-state index contributed by atoms with van der Waals surface area (Å²) in [5, 5.41) is 10.7. The SMILES string of the molecule is CN(C)C(=O)Oc1ccc2c(c1)O/C(=C/c1ccc([N+](=O)[O-])cc1)C2=O. The van der Waals surface area contributed by atoms with Crippen LogP contribution in [0.4, 0.5) is 10.5 Å². The Morgan fingerprint density at radius 3 is 2.50 bits per heavy atom. The van der Waals surface area contributed by atoms with Crippen LogP contribution < -0.4 is 9.47 Å². The maximum atomic E-state index is 12.4. The molecule has 0 atom stereocenters. The Kier molecular flexibility index (Phi) is 4.40. The lowest BCUT2D eigenvalue weighted by Crippen LogP contribution is -2.25. The van der Waals surface area contributed by atoms with Crippen molar-refractivity contribution in [3.63, 3.8) is 0 Å².